The molecule has 17 heavy (non-hydrogen) atoms. The van der Waals surface area contributed by atoms with Crippen LogP contribution in [0, 0.1) is 0 Å². The van der Waals surface area contributed by atoms with E-state index in [2.05, 4.69) is 6.92 Å². The average molecular weight is 244 g/mol. The lowest BCUT2D eigenvalue weighted by atomic mass is 10.0. The Balaban J connectivity index is 3.24. The molecular formula is C14H28O3. The van der Waals surface area contributed by atoms with Crippen molar-refractivity contribution in [1.29, 1.82) is 0 Å². The molecule has 0 aliphatic heterocycles. The van der Waals surface area contributed by atoms with E-state index in [0.717, 1.165) is 12.8 Å². The van der Waals surface area contributed by atoms with Crippen LogP contribution in [0.4, 0.5) is 0 Å². The molecule has 0 amide bonds. The van der Waals surface area contributed by atoms with Crippen LogP contribution in [0.1, 0.15) is 71.1 Å². The lowest BCUT2D eigenvalue weighted by Gasteiger charge is -2.15. The van der Waals surface area contributed by atoms with Gasteiger partial charge in [-0.05, 0) is 6.42 Å². The molecule has 0 saturated heterocycles. The van der Waals surface area contributed by atoms with Gasteiger partial charge in [-0.25, -0.2) is 0 Å². The number of carbonyl (C=O) groups is 1. The van der Waals surface area contributed by atoms with Crippen LogP contribution in [-0.4, -0.2) is 28.7 Å². The summed E-state index contributed by atoms with van der Waals surface area (Å²) in [6.07, 6.45) is 9.45. The van der Waals surface area contributed by atoms with Gasteiger partial charge in [0.1, 0.15) is 6.29 Å². The van der Waals surface area contributed by atoms with Crippen molar-refractivity contribution in [2.24, 2.45) is 0 Å². The van der Waals surface area contributed by atoms with Crippen LogP contribution in [0.25, 0.3) is 0 Å². The maximum Gasteiger partial charge on any atom is 0.122 e. The minimum Gasteiger partial charge on any atom is -0.390 e. The molecule has 0 rings (SSSR count). The lowest BCUT2D eigenvalue weighted by Crippen LogP contribution is -2.25. The minimum atomic E-state index is -0.878. The predicted octanol–water partition coefficient (Wildman–Crippen LogP) is 2.83. The normalized spacial score (nSPS) is 14.5. The van der Waals surface area contributed by atoms with Crippen molar-refractivity contribution in [3.05, 3.63) is 0 Å². The molecule has 0 aromatic rings. The smallest absolute Gasteiger partial charge is 0.122 e. The molecule has 0 aromatic heterocycles. The third-order valence-corrected chi connectivity index (χ3v) is 3.14. The predicted molar refractivity (Wildman–Crippen MR) is 69.9 cm³/mol. The molecule has 0 saturated carbocycles. The first kappa shape index (κ1) is 16.6. The third-order valence-electron chi connectivity index (χ3n) is 3.14. The third kappa shape index (κ3) is 10.5. The van der Waals surface area contributed by atoms with E-state index in [4.69, 9.17) is 0 Å². The topological polar surface area (TPSA) is 57.5 Å². The minimum absolute atomic E-state index is 0.0399. The number of hydrogen-bond acceptors (Lipinski definition) is 3. The molecule has 0 aromatic carbocycles. The van der Waals surface area contributed by atoms with Gasteiger partial charge in [0.05, 0.1) is 12.2 Å². The monoisotopic (exact) mass is 244 g/mol. The first-order valence-corrected chi connectivity index (χ1v) is 7.02. The Morgan fingerprint density at radius 2 is 1.41 bits per heavy atom. The zero-order valence-electron chi connectivity index (χ0n) is 11.1. The molecule has 0 aliphatic carbocycles. The highest BCUT2D eigenvalue weighted by molar-refractivity contribution is 5.50. The van der Waals surface area contributed by atoms with E-state index in [1.165, 1.54) is 38.5 Å². The molecule has 0 heterocycles. The number of hydrogen-bond donors (Lipinski definition) is 2. The van der Waals surface area contributed by atoms with Crippen LogP contribution in [-0.2, 0) is 4.79 Å². The van der Waals surface area contributed by atoms with Crippen molar-refractivity contribution in [3.8, 4) is 0 Å². The molecule has 0 fully saturated rings. The number of aldehydes is 1. The van der Waals surface area contributed by atoms with Gasteiger partial charge in [-0.3, -0.25) is 0 Å². The zero-order chi connectivity index (χ0) is 12.9. The summed E-state index contributed by atoms with van der Waals surface area (Å²) in [6, 6.07) is 0. The van der Waals surface area contributed by atoms with E-state index < -0.39 is 12.2 Å². The van der Waals surface area contributed by atoms with Gasteiger partial charge >= 0.3 is 0 Å². The molecule has 2 unspecified atom stereocenters. The van der Waals surface area contributed by atoms with Crippen molar-refractivity contribution in [2.75, 3.05) is 0 Å². The van der Waals surface area contributed by atoms with Gasteiger partial charge in [0.25, 0.3) is 0 Å². The lowest BCUT2D eigenvalue weighted by molar-refractivity contribution is -0.111. The van der Waals surface area contributed by atoms with Crippen LogP contribution < -0.4 is 0 Å². The largest absolute Gasteiger partial charge is 0.390 e. The average Bonchev–Trinajstić information content (AvgIpc) is 2.32. The molecule has 3 heteroatoms. The summed E-state index contributed by atoms with van der Waals surface area (Å²) in [5.41, 5.74) is 0. The van der Waals surface area contributed by atoms with Gasteiger partial charge in [-0.1, -0.05) is 58.3 Å². The molecule has 0 bridgehead atoms. The summed E-state index contributed by atoms with van der Waals surface area (Å²) in [5.74, 6) is 0. The fourth-order valence-electron chi connectivity index (χ4n) is 1.94. The van der Waals surface area contributed by atoms with Crippen LogP contribution >= 0.6 is 0 Å². The molecule has 2 atom stereocenters. The number of aliphatic hydroxyl groups is 2. The standard InChI is InChI=1S/C14H28O3/c1-2-3-4-5-6-7-8-9-10-13(16)14(17)11-12-15/h12-14,16-17H,2-11H2,1H3. The molecule has 2 N–H and O–H groups in total. The van der Waals surface area contributed by atoms with Crippen molar-refractivity contribution in [1.82, 2.24) is 0 Å². The first-order chi connectivity index (χ1) is 8.22. The van der Waals surface area contributed by atoms with Gasteiger partial charge in [-0.2, -0.15) is 0 Å². The van der Waals surface area contributed by atoms with E-state index in [0.29, 0.717) is 12.7 Å². The maximum absolute atomic E-state index is 10.2. The second-order valence-electron chi connectivity index (χ2n) is 4.80. The van der Waals surface area contributed by atoms with E-state index in [1.807, 2.05) is 0 Å². The molecule has 3 nitrogen and oxygen atoms in total. The van der Waals surface area contributed by atoms with Crippen molar-refractivity contribution in [3.63, 3.8) is 0 Å². The van der Waals surface area contributed by atoms with E-state index >= 15 is 0 Å². The highest BCUT2D eigenvalue weighted by Crippen LogP contribution is 2.12. The highest BCUT2D eigenvalue weighted by Gasteiger charge is 2.14. The Bertz CT molecular complexity index is 171. The maximum atomic E-state index is 10.2. The van der Waals surface area contributed by atoms with Crippen LogP contribution in [0.5, 0.6) is 0 Å². The van der Waals surface area contributed by atoms with Gasteiger partial charge in [0.15, 0.2) is 0 Å². The summed E-state index contributed by atoms with van der Waals surface area (Å²) >= 11 is 0. The molecule has 0 spiro atoms. The van der Waals surface area contributed by atoms with Gasteiger partial charge in [-0.15, -0.1) is 0 Å². The van der Waals surface area contributed by atoms with Gasteiger partial charge < -0.3 is 15.0 Å². The summed E-state index contributed by atoms with van der Waals surface area (Å²) in [6.45, 7) is 2.21. The zero-order valence-corrected chi connectivity index (χ0v) is 11.1. The summed E-state index contributed by atoms with van der Waals surface area (Å²) in [7, 11) is 0. The van der Waals surface area contributed by atoms with Crippen molar-refractivity contribution < 1.29 is 15.0 Å². The van der Waals surface area contributed by atoms with Crippen LogP contribution in [0.2, 0.25) is 0 Å². The Morgan fingerprint density at radius 1 is 0.882 bits per heavy atom. The summed E-state index contributed by atoms with van der Waals surface area (Å²) < 4.78 is 0. The Hall–Kier alpha value is -0.410. The van der Waals surface area contributed by atoms with Gasteiger partial charge in [0, 0.05) is 6.42 Å². The van der Waals surface area contributed by atoms with Crippen LogP contribution in [0.3, 0.4) is 0 Å². The Morgan fingerprint density at radius 3 is 1.94 bits per heavy atom. The summed E-state index contributed by atoms with van der Waals surface area (Å²) in [4.78, 5) is 10.2. The number of aliphatic hydroxyl groups excluding tert-OH is 2. The fraction of sp³-hybridized carbons (Fsp3) is 0.929. The van der Waals surface area contributed by atoms with E-state index in [1.54, 1.807) is 0 Å². The van der Waals surface area contributed by atoms with Gasteiger partial charge in [0.2, 0.25) is 0 Å². The molecule has 102 valence electrons. The SMILES string of the molecule is CCCCCCCCCCC(O)C(O)CC=O. The fourth-order valence-corrected chi connectivity index (χ4v) is 1.94. The summed E-state index contributed by atoms with van der Waals surface area (Å²) in [5, 5.41) is 18.8. The van der Waals surface area contributed by atoms with E-state index in [9.17, 15) is 15.0 Å². The first-order valence-electron chi connectivity index (χ1n) is 7.02. The van der Waals surface area contributed by atoms with Crippen LogP contribution in [0.15, 0.2) is 0 Å². The molecule has 0 radical (unpaired) electrons. The second-order valence-corrected chi connectivity index (χ2v) is 4.80. The van der Waals surface area contributed by atoms with Crippen molar-refractivity contribution >= 4 is 6.29 Å². The Labute approximate surface area is 105 Å². The van der Waals surface area contributed by atoms with Crippen molar-refractivity contribution in [2.45, 2.75) is 83.3 Å². The number of carbonyl (C=O) groups excluding carboxylic acids is 1. The number of rotatable bonds is 12. The Kier molecular flexibility index (Phi) is 11.8. The quantitative estimate of drug-likeness (QED) is 0.410. The number of unbranched alkanes of at least 4 members (excludes halogenated alkanes) is 7. The highest BCUT2D eigenvalue weighted by atomic mass is 16.3. The second kappa shape index (κ2) is 12.1. The van der Waals surface area contributed by atoms with E-state index in [-0.39, 0.29) is 6.42 Å². The molecule has 0 aliphatic rings. The molecular weight excluding hydrogens is 216 g/mol.